The standard InChI is InChI=1S/C17H26N2O/c1-18-10-5-11-19(13-12-18)16-8-3-7-15-14(16)6-4-9-17(15)20-2/h4,6,9,16H,3,5,7-8,10-13H2,1-2H3/t16-/m1/s1. The van der Waals surface area contributed by atoms with E-state index in [4.69, 9.17) is 4.74 Å². The van der Waals surface area contributed by atoms with E-state index in [1.54, 1.807) is 7.11 Å². The smallest absolute Gasteiger partial charge is 0.122 e. The highest BCUT2D eigenvalue weighted by molar-refractivity contribution is 5.43. The molecule has 20 heavy (non-hydrogen) atoms. The Morgan fingerprint density at radius 2 is 2.00 bits per heavy atom. The van der Waals surface area contributed by atoms with Crippen molar-refractivity contribution >= 4 is 0 Å². The number of hydrogen-bond donors (Lipinski definition) is 0. The van der Waals surface area contributed by atoms with E-state index in [-0.39, 0.29) is 0 Å². The van der Waals surface area contributed by atoms with Gasteiger partial charge in [0.25, 0.3) is 0 Å². The lowest BCUT2D eigenvalue weighted by Gasteiger charge is -2.35. The molecule has 1 aromatic carbocycles. The molecule has 0 spiro atoms. The van der Waals surface area contributed by atoms with Crippen LogP contribution >= 0.6 is 0 Å². The molecule has 1 aliphatic carbocycles. The summed E-state index contributed by atoms with van der Waals surface area (Å²) in [6.45, 7) is 4.84. The van der Waals surface area contributed by atoms with Gasteiger partial charge in [0.1, 0.15) is 5.75 Å². The second kappa shape index (κ2) is 6.15. The van der Waals surface area contributed by atoms with Crippen molar-refractivity contribution in [1.29, 1.82) is 0 Å². The van der Waals surface area contributed by atoms with Crippen molar-refractivity contribution < 1.29 is 4.74 Å². The molecule has 3 rings (SSSR count). The highest BCUT2D eigenvalue weighted by Gasteiger charge is 2.28. The van der Waals surface area contributed by atoms with Crippen LogP contribution in [0.5, 0.6) is 5.75 Å². The first-order valence-corrected chi connectivity index (χ1v) is 7.88. The second-order valence-corrected chi connectivity index (χ2v) is 6.13. The van der Waals surface area contributed by atoms with E-state index in [0.717, 1.165) is 5.75 Å². The van der Waals surface area contributed by atoms with E-state index in [9.17, 15) is 0 Å². The molecule has 3 heteroatoms. The lowest BCUT2D eigenvalue weighted by atomic mass is 9.86. The predicted molar refractivity (Wildman–Crippen MR) is 82.4 cm³/mol. The summed E-state index contributed by atoms with van der Waals surface area (Å²) in [6.07, 6.45) is 5.03. The average molecular weight is 274 g/mol. The Kier molecular flexibility index (Phi) is 4.27. The van der Waals surface area contributed by atoms with Crippen LogP contribution in [0.2, 0.25) is 0 Å². The van der Waals surface area contributed by atoms with Crippen molar-refractivity contribution in [1.82, 2.24) is 9.80 Å². The molecule has 110 valence electrons. The van der Waals surface area contributed by atoms with Gasteiger partial charge in [-0.05, 0) is 56.5 Å². The maximum absolute atomic E-state index is 5.56. The van der Waals surface area contributed by atoms with Crippen molar-refractivity contribution in [3.8, 4) is 5.75 Å². The Morgan fingerprint density at radius 1 is 1.10 bits per heavy atom. The fourth-order valence-corrected chi connectivity index (χ4v) is 3.74. The lowest BCUT2D eigenvalue weighted by Crippen LogP contribution is -2.34. The maximum atomic E-state index is 5.56. The topological polar surface area (TPSA) is 15.7 Å². The van der Waals surface area contributed by atoms with Gasteiger partial charge >= 0.3 is 0 Å². The first kappa shape index (κ1) is 13.9. The molecule has 1 atom stereocenters. The van der Waals surface area contributed by atoms with Gasteiger partial charge in [0, 0.05) is 25.7 Å². The molecule has 0 N–H and O–H groups in total. The summed E-state index contributed by atoms with van der Waals surface area (Å²) in [4.78, 5) is 5.15. The largest absolute Gasteiger partial charge is 0.496 e. The molecule has 0 unspecified atom stereocenters. The molecule has 3 nitrogen and oxygen atoms in total. The minimum absolute atomic E-state index is 0.598. The van der Waals surface area contributed by atoms with Crippen LogP contribution in [0.3, 0.4) is 0 Å². The third-order valence-electron chi connectivity index (χ3n) is 4.85. The summed E-state index contributed by atoms with van der Waals surface area (Å²) >= 11 is 0. The van der Waals surface area contributed by atoms with Crippen LogP contribution in [0.25, 0.3) is 0 Å². The number of hydrogen-bond acceptors (Lipinski definition) is 3. The highest BCUT2D eigenvalue weighted by atomic mass is 16.5. The molecular formula is C17H26N2O. The van der Waals surface area contributed by atoms with Gasteiger partial charge in [0.05, 0.1) is 7.11 Å². The van der Waals surface area contributed by atoms with E-state index in [2.05, 4.69) is 35.0 Å². The summed E-state index contributed by atoms with van der Waals surface area (Å²) < 4.78 is 5.56. The Balaban J connectivity index is 1.86. The van der Waals surface area contributed by atoms with Gasteiger partial charge in [-0.25, -0.2) is 0 Å². The zero-order chi connectivity index (χ0) is 13.9. The molecule has 1 saturated heterocycles. The normalized spacial score (nSPS) is 25.0. The van der Waals surface area contributed by atoms with Crippen molar-refractivity contribution in [2.75, 3.05) is 40.3 Å². The first-order valence-electron chi connectivity index (χ1n) is 7.88. The lowest BCUT2D eigenvalue weighted by molar-refractivity contribution is 0.184. The molecule has 0 aromatic heterocycles. The molecular weight excluding hydrogens is 248 g/mol. The number of benzene rings is 1. The Morgan fingerprint density at radius 3 is 2.85 bits per heavy atom. The second-order valence-electron chi connectivity index (χ2n) is 6.13. The average Bonchev–Trinajstić information content (AvgIpc) is 2.70. The summed E-state index contributed by atoms with van der Waals surface area (Å²) in [6, 6.07) is 7.17. The van der Waals surface area contributed by atoms with Gasteiger partial charge in [-0.2, -0.15) is 0 Å². The van der Waals surface area contributed by atoms with E-state index in [1.165, 1.54) is 63.0 Å². The molecule has 1 aliphatic heterocycles. The van der Waals surface area contributed by atoms with Crippen LogP contribution in [0.4, 0.5) is 0 Å². The molecule has 1 fully saturated rings. The third-order valence-corrected chi connectivity index (χ3v) is 4.85. The molecule has 1 aromatic rings. The van der Waals surface area contributed by atoms with Crippen LogP contribution in [-0.2, 0) is 6.42 Å². The van der Waals surface area contributed by atoms with Crippen LogP contribution < -0.4 is 4.74 Å². The van der Waals surface area contributed by atoms with Gasteiger partial charge in [-0.15, -0.1) is 0 Å². The number of likely N-dealkylation sites (N-methyl/N-ethyl adjacent to an activating group) is 1. The fraction of sp³-hybridized carbons (Fsp3) is 0.647. The first-order chi connectivity index (χ1) is 9.79. The van der Waals surface area contributed by atoms with E-state index in [0.29, 0.717) is 6.04 Å². The number of methoxy groups -OCH3 is 1. The molecule has 0 saturated carbocycles. The monoisotopic (exact) mass is 274 g/mol. The highest BCUT2D eigenvalue weighted by Crippen LogP contribution is 2.38. The zero-order valence-electron chi connectivity index (χ0n) is 12.8. The Bertz CT molecular complexity index is 460. The van der Waals surface area contributed by atoms with Crippen molar-refractivity contribution in [3.63, 3.8) is 0 Å². The number of nitrogens with zero attached hydrogens (tertiary/aromatic N) is 2. The van der Waals surface area contributed by atoms with Gasteiger partial charge in [-0.3, -0.25) is 4.90 Å². The number of ether oxygens (including phenoxy) is 1. The van der Waals surface area contributed by atoms with Gasteiger partial charge < -0.3 is 9.64 Å². The van der Waals surface area contributed by atoms with Gasteiger partial charge in [0.2, 0.25) is 0 Å². The van der Waals surface area contributed by atoms with Crippen LogP contribution in [0.1, 0.15) is 36.4 Å². The predicted octanol–water partition coefficient (Wildman–Crippen LogP) is 2.71. The number of rotatable bonds is 2. The van der Waals surface area contributed by atoms with E-state index >= 15 is 0 Å². The van der Waals surface area contributed by atoms with Crippen LogP contribution in [-0.4, -0.2) is 50.1 Å². The SMILES string of the molecule is COc1cccc2c1CCC[C@H]2N1CCCN(C)CC1. The minimum Gasteiger partial charge on any atom is -0.496 e. The van der Waals surface area contributed by atoms with Crippen LogP contribution in [0, 0.1) is 0 Å². The van der Waals surface area contributed by atoms with E-state index in [1.807, 2.05) is 0 Å². The molecule has 0 radical (unpaired) electrons. The Labute approximate surface area is 122 Å². The summed E-state index contributed by atoms with van der Waals surface area (Å²) in [5.41, 5.74) is 2.96. The van der Waals surface area contributed by atoms with Crippen molar-refractivity contribution in [2.45, 2.75) is 31.7 Å². The summed E-state index contributed by atoms with van der Waals surface area (Å²) in [7, 11) is 4.03. The molecule has 0 bridgehead atoms. The molecule has 2 aliphatic rings. The maximum Gasteiger partial charge on any atom is 0.122 e. The van der Waals surface area contributed by atoms with E-state index < -0.39 is 0 Å². The van der Waals surface area contributed by atoms with Gasteiger partial charge in [-0.1, -0.05) is 12.1 Å². The van der Waals surface area contributed by atoms with Crippen LogP contribution in [0.15, 0.2) is 18.2 Å². The van der Waals surface area contributed by atoms with Crippen molar-refractivity contribution in [2.24, 2.45) is 0 Å². The summed E-state index contributed by atoms with van der Waals surface area (Å²) in [5.74, 6) is 1.08. The zero-order valence-corrected chi connectivity index (χ0v) is 12.8. The quantitative estimate of drug-likeness (QED) is 0.824. The summed E-state index contributed by atoms with van der Waals surface area (Å²) in [5, 5.41) is 0. The fourth-order valence-electron chi connectivity index (χ4n) is 3.74. The van der Waals surface area contributed by atoms with Gasteiger partial charge in [0.15, 0.2) is 0 Å². The van der Waals surface area contributed by atoms with Crippen molar-refractivity contribution in [3.05, 3.63) is 29.3 Å². The molecule has 0 amide bonds. The minimum atomic E-state index is 0.598. The number of fused-ring (bicyclic) bond motifs is 1. The molecule has 1 heterocycles. The third kappa shape index (κ3) is 2.70. The Hall–Kier alpha value is -1.06.